The molecule has 1 aromatic carbocycles. The molecule has 0 fully saturated rings. The van der Waals surface area contributed by atoms with Crippen molar-refractivity contribution < 1.29 is 0 Å². The zero-order chi connectivity index (χ0) is 13.5. The highest BCUT2D eigenvalue weighted by Crippen LogP contribution is 2.50. The molecule has 0 saturated heterocycles. The Kier molecular flexibility index (Phi) is 2.88. The van der Waals surface area contributed by atoms with Gasteiger partial charge < -0.3 is 5.32 Å². The molecule has 0 bridgehead atoms. The molecule has 2 aliphatic rings. The topological polar surface area (TPSA) is 24.9 Å². The molecule has 3 atom stereocenters. The van der Waals surface area contributed by atoms with Crippen molar-refractivity contribution in [2.45, 2.75) is 18.4 Å². The van der Waals surface area contributed by atoms with Crippen LogP contribution in [0.4, 0.5) is 5.69 Å². The summed E-state index contributed by atoms with van der Waals surface area (Å²) in [4.78, 5) is 4.13. The van der Waals surface area contributed by atoms with Crippen LogP contribution in [-0.4, -0.2) is 4.98 Å². The van der Waals surface area contributed by atoms with Gasteiger partial charge in [-0.1, -0.05) is 28.1 Å². The number of rotatable bonds is 1. The Bertz CT molecular complexity index is 666. The van der Waals surface area contributed by atoms with Gasteiger partial charge in [0.1, 0.15) is 0 Å². The number of aromatic nitrogens is 1. The summed E-state index contributed by atoms with van der Waals surface area (Å²) in [7, 11) is 0. The van der Waals surface area contributed by atoms with E-state index >= 15 is 0 Å². The number of nitrogens with zero attached hydrogens (tertiary/aromatic N) is 1. The van der Waals surface area contributed by atoms with Crippen LogP contribution >= 0.6 is 15.9 Å². The van der Waals surface area contributed by atoms with Crippen LogP contribution in [0.25, 0.3) is 0 Å². The molecular formula is C17H15BrN2. The minimum atomic E-state index is 0.367. The Morgan fingerprint density at radius 3 is 2.85 bits per heavy atom. The van der Waals surface area contributed by atoms with Gasteiger partial charge in [-0.2, -0.15) is 0 Å². The van der Waals surface area contributed by atoms with Crippen LogP contribution in [0.2, 0.25) is 0 Å². The maximum absolute atomic E-state index is 4.13. The molecule has 1 aliphatic heterocycles. The first-order chi connectivity index (χ1) is 9.83. The highest BCUT2D eigenvalue weighted by atomic mass is 79.9. The van der Waals surface area contributed by atoms with Crippen LogP contribution in [0.1, 0.15) is 29.5 Å². The normalized spacial score (nSPS) is 26.8. The van der Waals surface area contributed by atoms with Gasteiger partial charge in [-0.25, -0.2) is 0 Å². The number of hydrogen-bond acceptors (Lipinski definition) is 2. The van der Waals surface area contributed by atoms with E-state index in [-0.39, 0.29) is 0 Å². The lowest BCUT2D eigenvalue weighted by atomic mass is 9.77. The smallest absolute Gasteiger partial charge is 0.0555 e. The van der Waals surface area contributed by atoms with Crippen LogP contribution in [-0.2, 0) is 0 Å². The van der Waals surface area contributed by atoms with Gasteiger partial charge in [-0.05, 0) is 53.8 Å². The summed E-state index contributed by atoms with van der Waals surface area (Å²) in [6.07, 6.45) is 9.58. The average Bonchev–Trinajstić information content (AvgIpc) is 2.97. The van der Waals surface area contributed by atoms with E-state index in [1.54, 1.807) is 0 Å². The third kappa shape index (κ3) is 1.88. The Balaban J connectivity index is 1.80. The number of halogens is 1. The first kappa shape index (κ1) is 12.2. The lowest BCUT2D eigenvalue weighted by Crippen LogP contribution is -2.29. The third-order valence-electron chi connectivity index (χ3n) is 4.39. The quantitative estimate of drug-likeness (QED) is 0.770. The molecule has 0 radical (unpaired) electrons. The number of fused-ring (bicyclic) bond motifs is 3. The van der Waals surface area contributed by atoms with Crippen molar-refractivity contribution in [1.82, 2.24) is 4.98 Å². The van der Waals surface area contributed by atoms with Crippen molar-refractivity contribution in [2.24, 2.45) is 5.92 Å². The molecule has 0 amide bonds. The third-order valence-corrected chi connectivity index (χ3v) is 4.88. The lowest BCUT2D eigenvalue weighted by Gasteiger charge is -2.37. The second-order valence-corrected chi connectivity index (χ2v) is 6.40. The number of hydrogen-bond donors (Lipinski definition) is 1. The minimum Gasteiger partial charge on any atom is -0.378 e. The first-order valence-electron chi connectivity index (χ1n) is 6.95. The Morgan fingerprint density at radius 1 is 1.15 bits per heavy atom. The summed E-state index contributed by atoms with van der Waals surface area (Å²) in [5, 5.41) is 3.72. The van der Waals surface area contributed by atoms with E-state index in [0.29, 0.717) is 17.9 Å². The van der Waals surface area contributed by atoms with Crippen LogP contribution in [0.3, 0.4) is 0 Å². The van der Waals surface area contributed by atoms with Crippen molar-refractivity contribution in [3.63, 3.8) is 0 Å². The van der Waals surface area contributed by atoms with Gasteiger partial charge in [-0.15, -0.1) is 0 Å². The maximum Gasteiger partial charge on any atom is 0.0555 e. The van der Waals surface area contributed by atoms with Crippen LogP contribution in [0, 0.1) is 5.92 Å². The molecule has 2 aromatic rings. The van der Waals surface area contributed by atoms with Crippen molar-refractivity contribution in [2.75, 3.05) is 5.32 Å². The van der Waals surface area contributed by atoms with Crippen LogP contribution in [0.15, 0.2) is 59.4 Å². The van der Waals surface area contributed by atoms with E-state index in [1.165, 1.54) is 16.8 Å². The summed E-state index contributed by atoms with van der Waals surface area (Å²) in [6.45, 7) is 0. The van der Waals surface area contributed by atoms with Gasteiger partial charge in [0.15, 0.2) is 0 Å². The fraction of sp³-hybridized carbons (Fsp3) is 0.235. The molecule has 0 spiro atoms. The van der Waals surface area contributed by atoms with E-state index in [1.807, 2.05) is 12.4 Å². The fourth-order valence-electron chi connectivity index (χ4n) is 3.47. The Morgan fingerprint density at radius 2 is 2.00 bits per heavy atom. The van der Waals surface area contributed by atoms with Gasteiger partial charge in [0.2, 0.25) is 0 Å². The van der Waals surface area contributed by atoms with Gasteiger partial charge >= 0.3 is 0 Å². The Labute approximate surface area is 127 Å². The molecule has 3 unspecified atom stereocenters. The molecule has 2 heterocycles. The SMILES string of the molecule is Brc1ccc2c(c1)C1C=CCC1C(c1ccncc1)N2. The van der Waals surface area contributed by atoms with E-state index in [4.69, 9.17) is 0 Å². The minimum absolute atomic E-state index is 0.367. The van der Waals surface area contributed by atoms with Crippen molar-refractivity contribution in [3.8, 4) is 0 Å². The highest BCUT2D eigenvalue weighted by Gasteiger charge is 2.37. The Hall–Kier alpha value is -1.61. The van der Waals surface area contributed by atoms with E-state index in [9.17, 15) is 0 Å². The summed E-state index contributed by atoms with van der Waals surface area (Å²) in [5.74, 6) is 1.11. The molecule has 0 saturated carbocycles. The van der Waals surface area contributed by atoms with Crippen LogP contribution < -0.4 is 5.32 Å². The van der Waals surface area contributed by atoms with Gasteiger partial charge in [-0.3, -0.25) is 4.98 Å². The molecular weight excluding hydrogens is 312 g/mol. The second kappa shape index (κ2) is 4.74. The summed E-state index contributed by atoms with van der Waals surface area (Å²) in [6, 6.07) is 11.1. The average molecular weight is 327 g/mol. The maximum atomic E-state index is 4.13. The largest absolute Gasteiger partial charge is 0.378 e. The second-order valence-electron chi connectivity index (χ2n) is 5.49. The van der Waals surface area contributed by atoms with E-state index in [0.717, 1.165) is 10.9 Å². The number of nitrogens with one attached hydrogen (secondary N) is 1. The monoisotopic (exact) mass is 326 g/mol. The first-order valence-corrected chi connectivity index (χ1v) is 7.75. The van der Waals surface area contributed by atoms with Crippen molar-refractivity contribution in [3.05, 3.63) is 70.5 Å². The van der Waals surface area contributed by atoms with Gasteiger partial charge in [0, 0.05) is 28.5 Å². The van der Waals surface area contributed by atoms with Crippen LogP contribution in [0.5, 0.6) is 0 Å². The molecule has 3 heteroatoms. The van der Waals surface area contributed by atoms with Gasteiger partial charge in [0.25, 0.3) is 0 Å². The number of allylic oxidation sites excluding steroid dienone is 2. The summed E-state index contributed by atoms with van der Waals surface area (Å²) >= 11 is 3.59. The highest BCUT2D eigenvalue weighted by molar-refractivity contribution is 9.10. The predicted octanol–water partition coefficient (Wildman–Crippen LogP) is 4.67. The van der Waals surface area contributed by atoms with Crippen molar-refractivity contribution in [1.29, 1.82) is 0 Å². The van der Waals surface area contributed by atoms with E-state index < -0.39 is 0 Å². The molecule has 1 aromatic heterocycles. The fourth-order valence-corrected chi connectivity index (χ4v) is 3.84. The zero-order valence-electron chi connectivity index (χ0n) is 11.0. The predicted molar refractivity (Wildman–Crippen MR) is 84.7 cm³/mol. The number of benzene rings is 1. The molecule has 4 rings (SSSR count). The summed E-state index contributed by atoms with van der Waals surface area (Å²) in [5.41, 5.74) is 3.98. The number of pyridine rings is 1. The molecule has 100 valence electrons. The van der Waals surface area contributed by atoms with Gasteiger partial charge in [0.05, 0.1) is 6.04 Å². The molecule has 1 N–H and O–H groups in total. The molecule has 20 heavy (non-hydrogen) atoms. The zero-order valence-corrected chi connectivity index (χ0v) is 12.5. The van der Waals surface area contributed by atoms with Crippen molar-refractivity contribution >= 4 is 21.6 Å². The number of anilines is 1. The lowest BCUT2D eigenvalue weighted by molar-refractivity contribution is 0.425. The standard InChI is InChI=1S/C17H15BrN2/c18-12-4-5-16-15(10-12)13-2-1-3-14(13)17(20-16)11-6-8-19-9-7-11/h1-2,4-10,13-14,17,20H,3H2. The summed E-state index contributed by atoms with van der Waals surface area (Å²) < 4.78 is 1.15. The van der Waals surface area contributed by atoms with E-state index in [2.05, 4.69) is 68.7 Å². The molecule has 2 nitrogen and oxygen atoms in total. The molecule has 1 aliphatic carbocycles.